The lowest BCUT2D eigenvalue weighted by atomic mass is 9.98. The minimum Gasteiger partial charge on any atom is -0.278 e. The Morgan fingerprint density at radius 1 is 0.379 bits per heavy atom. The first-order valence-corrected chi connectivity index (χ1v) is 18.7. The van der Waals surface area contributed by atoms with Crippen molar-refractivity contribution in [3.05, 3.63) is 175 Å². The summed E-state index contributed by atoms with van der Waals surface area (Å²) in [5.41, 5.74) is 8.32. The maximum absolute atomic E-state index is 10.1. The molecule has 0 aliphatic rings. The number of hydrogen-bond acceptors (Lipinski definition) is 7. The first kappa shape index (κ1) is 32.9. The Morgan fingerprint density at radius 2 is 0.810 bits per heavy atom. The van der Waals surface area contributed by atoms with Gasteiger partial charge in [-0.3, -0.25) is 9.13 Å². The fraction of sp³-hybridized carbons (Fsp3) is 0. The molecule has 4 heterocycles. The number of nitrogens with zero attached hydrogens (tertiary/aromatic N) is 9. The van der Waals surface area contributed by atoms with Gasteiger partial charge in [-0.15, -0.1) is 0 Å². The van der Waals surface area contributed by atoms with Crippen LogP contribution in [0.5, 0.6) is 0 Å². The molecule has 0 saturated heterocycles. The molecule has 0 N–H and O–H groups in total. The molecule has 11 rings (SSSR count). The standard InChI is InChI=1S/C49H27N9/c50-26-30-16-20-40-38(24-30)44-36-19-23-43-45(37(36)18-22-42(44)57(40)48-52-28-35(29-53-48)32-10-4-1-5-11-32)39-25-31(27-51)17-21-41(39)58(43)49-55-46(33-12-6-2-7-13-33)54-47(56-49)34-14-8-3-9-15-34/h1-25,28-29H. The third-order valence-electron chi connectivity index (χ3n) is 10.7. The predicted octanol–water partition coefficient (Wildman–Crippen LogP) is 10.8. The molecular formula is C49H27N9. The molecule has 0 atom stereocenters. The smallest absolute Gasteiger partial charge is 0.238 e. The number of nitriles is 2. The van der Waals surface area contributed by atoms with Crippen LogP contribution in [-0.2, 0) is 0 Å². The van der Waals surface area contributed by atoms with E-state index in [4.69, 9.17) is 24.9 Å². The summed E-state index contributed by atoms with van der Waals surface area (Å²) in [5, 5.41) is 25.8. The fourth-order valence-corrected chi connectivity index (χ4v) is 8.13. The first-order valence-electron chi connectivity index (χ1n) is 18.7. The SMILES string of the molecule is N#Cc1ccc2c(c1)c1c3ccc4c(c3ccc1n2-c1ncc(-c2ccccc2)cn1)c1cc(C#N)ccc1n4-c1nc(-c2ccccc2)nc(-c2ccccc2)n1. The number of benzene rings is 7. The zero-order valence-corrected chi connectivity index (χ0v) is 30.6. The molecule has 58 heavy (non-hydrogen) atoms. The number of rotatable bonds is 5. The minimum absolute atomic E-state index is 0.462. The Kier molecular flexibility index (Phi) is 7.40. The molecule has 0 amide bonds. The Balaban J connectivity index is 1.20. The van der Waals surface area contributed by atoms with Crippen molar-refractivity contribution < 1.29 is 0 Å². The highest BCUT2D eigenvalue weighted by molar-refractivity contribution is 6.29. The van der Waals surface area contributed by atoms with Crippen LogP contribution in [0.15, 0.2) is 164 Å². The van der Waals surface area contributed by atoms with Crippen molar-refractivity contribution in [3.63, 3.8) is 0 Å². The summed E-state index contributed by atoms with van der Waals surface area (Å²) >= 11 is 0. The van der Waals surface area contributed by atoms with Crippen molar-refractivity contribution in [2.45, 2.75) is 0 Å². The molecule has 9 nitrogen and oxygen atoms in total. The van der Waals surface area contributed by atoms with Crippen molar-refractivity contribution in [3.8, 4) is 57.9 Å². The lowest BCUT2D eigenvalue weighted by Gasteiger charge is -2.11. The maximum atomic E-state index is 10.1. The Hall–Kier alpha value is -8.53. The largest absolute Gasteiger partial charge is 0.278 e. The van der Waals surface area contributed by atoms with Gasteiger partial charge in [0.25, 0.3) is 0 Å². The molecule has 7 aromatic carbocycles. The summed E-state index contributed by atoms with van der Waals surface area (Å²) in [6, 6.07) is 54.5. The monoisotopic (exact) mass is 741 g/mol. The van der Waals surface area contributed by atoms with Crippen molar-refractivity contribution in [1.29, 1.82) is 10.5 Å². The minimum atomic E-state index is 0.462. The van der Waals surface area contributed by atoms with Crippen LogP contribution in [0.4, 0.5) is 0 Å². The van der Waals surface area contributed by atoms with Crippen LogP contribution < -0.4 is 0 Å². The molecule has 0 saturated carbocycles. The molecule has 0 radical (unpaired) electrons. The Bertz CT molecular complexity index is 3450. The van der Waals surface area contributed by atoms with Crippen molar-refractivity contribution in [1.82, 2.24) is 34.1 Å². The van der Waals surface area contributed by atoms with Gasteiger partial charge in [0.15, 0.2) is 11.6 Å². The number of fused-ring (bicyclic) bond motifs is 9. The second kappa shape index (κ2) is 13.1. The van der Waals surface area contributed by atoms with E-state index in [9.17, 15) is 10.5 Å². The van der Waals surface area contributed by atoms with E-state index in [1.807, 2.05) is 140 Å². The second-order valence-electron chi connectivity index (χ2n) is 14.0. The molecular weight excluding hydrogens is 715 g/mol. The topological polar surface area (TPSA) is 122 Å². The summed E-state index contributed by atoms with van der Waals surface area (Å²) in [6.07, 6.45) is 3.69. The average Bonchev–Trinajstić information content (AvgIpc) is 3.82. The molecule has 0 fully saturated rings. The fourth-order valence-electron chi connectivity index (χ4n) is 8.13. The van der Waals surface area contributed by atoms with Crippen LogP contribution >= 0.6 is 0 Å². The third-order valence-corrected chi connectivity index (χ3v) is 10.7. The van der Waals surface area contributed by atoms with E-state index >= 15 is 0 Å². The van der Waals surface area contributed by atoms with E-state index in [1.54, 1.807) is 0 Å². The van der Waals surface area contributed by atoms with Crippen LogP contribution in [0.2, 0.25) is 0 Å². The first-order chi connectivity index (χ1) is 28.7. The highest BCUT2D eigenvalue weighted by atomic mass is 15.2. The van der Waals surface area contributed by atoms with Gasteiger partial charge in [-0.05, 0) is 64.9 Å². The number of aromatic nitrogens is 7. The van der Waals surface area contributed by atoms with Crippen molar-refractivity contribution in [2.24, 2.45) is 0 Å². The van der Waals surface area contributed by atoms with Gasteiger partial charge in [0.05, 0.1) is 45.3 Å². The Labute approximate surface area is 331 Å². The highest BCUT2D eigenvalue weighted by Gasteiger charge is 2.23. The summed E-state index contributed by atoms with van der Waals surface area (Å²) in [4.78, 5) is 24.8. The predicted molar refractivity (Wildman–Crippen MR) is 227 cm³/mol. The Morgan fingerprint density at radius 3 is 1.28 bits per heavy atom. The zero-order valence-electron chi connectivity index (χ0n) is 30.6. The molecule has 9 heteroatoms. The summed E-state index contributed by atoms with van der Waals surface area (Å²) in [5.74, 6) is 2.09. The van der Waals surface area contributed by atoms with Gasteiger partial charge in [-0.2, -0.15) is 20.5 Å². The summed E-state index contributed by atoms with van der Waals surface area (Å²) < 4.78 is 4.12. The number of hydrogen-bond donors (Lipinski definition) is 0. The van der Waals surface area contributed by atoms with E-state index < -0.39 is 0 Å². The molecule has 268 valence electrons. The van der Waals surface area contributed by atoms with Gasteiger partial charge >= 0.3 is 0 Å². The molecule has 4 aromatic heterocycles. The van der Waals surface area contributed by atoms with Gasteiger partial charge < -0.3 is 0 Å². The molecule has 0 unspecified atom stereocenters. The summed E-state index contributed by atoms with van der Waals surface area (Å²) in [7, 11) is 0. The lowest BCUT2D eigenvalue weighted by molar-refractivity contribution is 0.953. The molecule has 0 aliphatic heterocycles. The molecule has 0 bridgehead atoms. The van der Waals surface area contributed by atoms with Crippen LogP contribution in [0.25, 0.3) is 100 Å². The van der Waals surface area contributed by atoms with Gasteiger partial charge in [-0.1, -0.05) is 103 Å². The van der Waals surface area contributed by atoms with Gasteiger partial charge in [0.1, 0.15) is 0 Å². The van der Waals surface area contributed by atoms with E-state index in [0.29, 0.717) is 34.7 Å². The third kappa shape index (κ3) is 5.12. The van der Waals surface area contributed by atoms with E-state index in [1.165, 1.54) is 0 Å². The average molecular weight is 742 g/mol. The van der Waals surface area contributed by atoms with Crippen molar-refractivity contribution in [2.75, 3.05) is 0 Å². The quantitative estimate of drug-likeness (QED) is 0.172. The normalized spacial score (nSPS) is 11.4. The maximum Gasteiger partial charge on any atom is 0.238 e. The van der Waals surface area contributed by atoms with Gasteiger partial charge in [0.2, 0.25) is 11.9 Å². The van der Waals surface area contributed by atoms with Crippen LogP contribution in [0.3, 0.4) is 0 Å². The van der Waals surface area contributed by atoms with Crippen LogP contribution in [0, 0.1) is 22.7 Å². The molecule has 11 aromatic rings. The molecule has 0 aliphatic carbocycles. The van der Waals surface area contributed by atoms with Crippen LogP contribution in [0.1, 0.15) is 11.1 Å². The summed E-state index contributed by atoms with van der Waals surface area (Å²) in [6.45, 7) is 0. The van der Waals surface area contributed by atoms with Gasteiger partial charge in [-0.25, -0.2) is 15.0 Å². The van der Waals surface area contributed by atoms with Gasteiger partial charge in [0, 0.05) is 50.6 Å². The van der Waals surface area contributed by atoms with E-state index in [2.05, 4.69) is 45.5 Å². The molecule has 0 spiro atoms. The van der Waals surface area contributed by atoms with E-state index in [0.717, 1.165) is 76.6 Å². The lowest BCUT2D eigenvalue weighted by Crippen LogP contribution is -2.06. The second-order valence-corrected chi connectivity index (χ2v) is 14.0. The van der Waals surface area contributed by atoms with Crippen LogP contribution in [-0.4, -0.2) is 34.1 Å². The zero-order chi connectivity index (χ0) is 38.7. The van der Waals surface area contributed by atoms with E-state index in [-0.39, 0.29) is 0 Å². The van der Waals surface area contributed by atoms with Crippen molar-refractivity contribution >= 4 is 54.4 Å². The highest BCUT2D eigenvalue weighted by Crippen LogP contribution is 2.42.